The highest BCUT2D eigenvalue weighted by Gasteiger charge is 2.10. The van der Waals surface area contributed by atoms with Crippen LogP contribution in [0.2, 0.25) is 5.02 Å². The van der Waals surface area contributed by atoms with Crippen molar-refractivity contribution in [3.63, 3.8) is 0 Å². The Balaban J connectivity index is 2.23. The zero-order valence-electron chi connectivity index (χ0n) is 10.3. The van der Waals surface area contributed by atoms with Gasteiger partial charge in [-0.05, 0) is 29.7 Å². The molecule has 0 spiro atoms. The van der Waals surface area contributed by atoms with E-state index in [-0.39, 0.29) is 12.5 Å². The average Bonchev–Trinajstić information content (AvgIpc) is 2.96. The first-order valence-corrected chi connectivity index (χ1v) is 6.84. The molecular formula is C13H10ClN3O2S. The van der Waals surface area contributed by atoms with E-state index in [0.717, 1.165) is 11.5 Å². The van der Waals surface area contributed by atoms with E-state index in [2.05, 4.69) is 26.7 Å². The van der Waals surface area contributed by atoms with Gasteiger partial charge in [-0.25, -0.2) is 0 Å². The fourth-order valence-electron chi connectivity index (χ4n) is 1.39. The monoisotopic (exact) mass is 307 g/mol. The minimum absolute atomic E-state index is 0.0121. The predicted molar refractivity (Wildman–Crippen MR) is 77.9 cm³/mol. The Morgan fingerprint density at radius 2 is 2.35 bits per heavy atom. The number of aliphatic hydroxyl groups is 1. The van der Waals surface area contributed by atoms with Crippen LogP contribution in [0.5, 0.6) is 0 Å². The standard InChI is InChI=1S/C13H10ClN3O2S/c14-10-4-5-11(9(7-10)3-1-2-6-18)16-13(19)12-8-15-17-20-12/h4-5,7-8,18H,2,6H2,(H,16,19). The van der Waals surface area contributed by atoms with Gasteiger partial charge in [-0.1, -0.05) is 27.9 Å². The lowest BCUT2D eigenvalue weighted by molar-refractivity contribution is 0.103. The molecule has 0 radical (unpaired) electrons. The Hall–Kier alpha value is -1.94. The second kappa shape index (κ2) is 7.01. The van der Waals surface area contributed by atoms with Crippen molar-refractivity contribution in [2.75, 3.05) is 11.9 Å². The van der Waals surface area contributed by atoms with Crippen LogP contribution in [0.25, 0.3) is 0 Å². The maximum absolute atomic E-state index is 11.9. The fraction of sp³-hybridized carbons (Fsp3) is 0.154. The number of halogens is 1. The maximum Gasteiger partial charge on any atom is 0.269 e. The molecule has 0 atom stereocenters. The first kappa shape index (κ1) is 14.5. The summed E-state index contributed by atoms with van der Waals surface area (Å²) in [4.78, 5) is 12.4. The summed E-state index contributed by atoms with van der Waals surface area (Å²) in [6, 6.07) is 5.00. The summed E-state index contributed by atoms with van der Waals surface area (Å²) in [6.07, 6.45) is 1.76. The molecule has 0 saturated heterocycles. The Morgan fingerprint density at radius 3 is 3.05 bits per heavy atom. The van der Waals surface area contributed by atoms with E-state index >= 15 is 0 Å². The molecule has 102 valence electrons. The number of carbonyl (C=O) groups excluding carboxylic acids is 1. The molecule has 20 heavy (non-hydrogen) atoms. The lowest BCUT2D eigenvalue weighted by Crippen LogP contribution is -2.11. The minimum atomic E-state index is -0.299. The number of hydrogen-bond acceptors (Lipinski definition) is 5. The summed E-state index contributed by atoms with van der Waals surface area (Å²) in [6.45, 7) is -0.0121. The molecule has 0 bridgehead atoms. The van der Waals surface area contributed by atoms with Crippen molar-refractivity contribution in [2.45, 2.75) is 6.42 Å². The highest BCUT2D eigenvalue weighted by molar-refractivity contribution is 7.07. The molecule has 2 rings (SSSR count). The van der Waals surface area contributed by atoms with Crippen LogP contribution in [0.15, 0.2) is 24.4 Å². The van der Waals surface area contributed by atoms with Gasteiger partial charge in [0.2, 0.25) is 0 Å². The number of benzene rings is 1. The SMILES string of the molecule is O=C(Nc1ccc(Cl)cc1C#CCCO)c1cnns1. The number of aliphatic hydroxyl groups excluding tert-OH is 1. The Labute approximate surface area is 124 Å². The molecule has 1 aromatic carbocycles. The van der Waals surface area contributed by atoms with Crippen molar-refractivity contribution in [3.05, 3.63) is 39.9 Å². The summed E-state index contributed by atoms with van der Waals surface area (Å²) in [5.74, 6) is 5.37. The largest absolute Gasteiger partial charge is 0.395 e. The third-order valence-electron chi connectivity index (χ3n) is 2.27. The van der Waals surface area contributed by atoms with Crippen LogP contribution in [0.3, 0.4) is 0 Å². The molecular weight excluding hydrogens is 298 g/mol. The molecule has 0 unspecified atom stereocenters. The second-order valence-electron chi connectivity index (χ2n) is 3.70. The van der Waals surface area contributed by atoms with E-state index in [0.29, 0.717) is 27.6 Å². The Bertz CT molecular complexity index is 662. The minimum Gasteiger partial charge on any atom is -0.395 e. The molecule has 7 heteroatoms. The summed E-state index contributed by atoms with van der Waals surface area (Å²) in [5, 5.41) is 15.6. The molecule has 0 aliphatic heterocycles. The summed E-state index contributed by atoms with van der Waals surface area (Å²) >= 11 is 6.93. The average molecular weight is 308 g/mol. The van der Waals surface area contributed by atoms with Gasteiger partial charge in [-0.15, -0.1) is 5.10 Å². The molecule has 1 aromatic heterocycles. The van der Waals surface area contributed by atoms with Gasteiger partial charge >= 0.3 is 0 Å². The van der Waals surface area contributed by atoms with Crippen LogP contribution >= 0.6 is 23.1 Å². The van der Waals surface area contributed by atoms with Gasteiger partial charge in [0.15, 0.2) is 0 Å². The third-order valence-corrected chi connectivity index (χ3v) is 3.17. The summed E-state index contributed by atoms with van der Waals surface area (Å²) in [7, 11) is 0. The van der Waals surface area contributed by atoms with E-state index < -0.39 is 0 Å². The van der Waals surface area contributed by atoms with Gasteiger partial charge in [-0.2, -0.15) is 0 Å². The first-order chi connectivity index (χ1) is 9.70. The predicted octanol–water partition coefficient (Wildman–Crippen LogP) is 2.18. The molecule has 2 N–H and O–H groups in total. The van der Waals surface area contributed by atoms with Gasteiger partial charge in [0.25, 0.3) is 5.91 Å². The smallest absolute Gasteiger partial charge is 0.269 e. The van der Waals surface area contributed by atoms with Crippen molar-refractivity contribution in [3.8, 4) is 11.8 Å². The van der Waals surface area contributed by atoms with Crippen molar-refractivity contribution in [1.29, 1.82) is 0 Å². The molecule has 1 amide bonds. The van der Waals surface area contributed by atoms with Crippen LogP contribution in [0, 0.1) is 11.8 Å². The van der Waals surface area contributed by atoms with Crippen molar-refractivity contribution in [1.82, 2.24) is 9.59 Å². The van der Waals surface area contributed by atoms with Crippen LogP contribution in [0.4, 0.5) is 5.69 Å². The van der Waals surface area contributed by atoms with E-state index in [1.165, 1.54) is 6.20 Å². The molecule has 2 aromatic rings. The molecule has 0 aliphatic carbocycles. The number of amides is 1. The molecule has 0 fully saturated rings. The zero-order chi connectivity index (χ0) is 14.4. The molecule has 1 heterocycles. The quantitative estimate of drug-likeness (QED) is 0.852. The van der Waals surface area contributed by atoms with Crippen molar-refractivity contribution >= 4 is 34.7 Å². The van der Waals surface area contributed by atoms with Crippen LogP contribution < -0.4 is 5.32 Å². The number of rotatable bonds is 3. The van der Waals surface area contributed by atoms with E-state index in [9.17, 15) is 4.79 Å². The maximum atomic E-state index is 11.9. The Morgan fingerprint density at radius 1 is 1.50 bits per heavy atom. The third kappa shape index (κ3) is 3.78. The van der Waals surface area contributed by atoms with E-state index in [1.54, 1.807) is 18.2 Å². The molecule has 0 saturated carbocycles. The number of nitrogens with zero attached hydrogens (tertiary/aromatic N) is 2. The normalized spacial score (nSPS) is 9.70. The van der Waals surface area contributed by atoms with Gasteiger partial charge < -0.3 is 10.4 Å². The topological polar surface area (TPSA) is 75.1 Å². The lowest BCUT2D eigenvalue weighted by Gasteiger charge is -2.06. The van der Waals surface area contributed by atoms with Crippen LogP contribution in [-0.2, 0) is 0 Å². The van der Waals surface area contributed by atoms with Gasteiger partial charge in [0, 0.05) is 17.0 Å². The van der Waals surface area contributed by atoms with E-state index in [1.807, 2.05) is 0 Å². The van der Waals surface area contributed by atoms with E-state index in [4.69, 9.17) is 16.7 Å². The molecule has 5 nitrogen and oxygen atoms in total. The van der Waals surface area contributed by atoms with Gasteiger partial charge in [0.1, 0.15) is 4.88 Å². The number of aromatic nitrogens is 2. The number of carbonyl (C=O) groups is 1. The summed E-state index contributed by atoms with van der Waals surface area (Å²) < 4.78 is 3.64. The number of hydrogen-bond donors (Lipinski definition) is 2. The number of anilines is 1. The lowest BCUT2D eigenvalue weighted by atomic mass is 10.1. The van der Waals surface area contributed by atoms with Gasteiger partial charge in [0.05, 0.1) is 18.5 Å². The highest BCUT2D eigenvalue weighted by Crippen LogP contribution is 2.21. The summed E-state index contributed by atoms with van der Waals surface area (Å²) in [5.41, 5.74) is 1.15. The van der Waals surface area contributed by atoms with Crippen molar-refractivity contribution < 1.29 is 9.90 Å². The van der Waals surface area contributed by atoms with Gasteiger partial charge in [-0.3, -0.25) is 4.79 Å². The second-order valence-corrected chi connectivity index (χ2v) is 4.92. The van der Waals surface area contributed by atoms with Crippen molar-refractivity contribution in [2.24, 2.45) is 0 Å². The van der Waals surface area contributed by atoms with Crippen LogP contribution in [0.1, 0.15) is 21.7 Å². The number of nitrogens with one attached hydrogen (secondary N) is 1. The molecule has 0 aliphatic rings. The first-order valence-electron chi connectivity index (χ1n) is 5.68. The highest BCUT2D eigenvalue weighted by atomic mass is 35.5. The van der Waals surface area contributed by atoms with Crippen LogP contribution in [-0.4, -0.2) is 27.2 Å². The fourth-order valence-corrected chi connectivity index (χ4v) is 1.98. The Kier molecular flexibility index (Phi) is 5.07. The zero-order valence-corrected chi connectivity index (χ0v) is 11.8.